The summed E-state index contributed by atoms with van der Waals surface area (Å²) >= 11 is 0. The van der Waals surface area contributed by atoms with E-state index in [4.69, 9.17) is 15.2 Å². The van der Waals surface area contributed by atoms with Crippen LogP contribution < -0.4 is 5.73 Å². The van der Waals surface area contributed by atoms with Crippen LogP contribution in [0.5, 0.6) is 0 Å². The molecule has 0 aromatic carbocycles. The Kier molecular flexibility index (Phi) is 2.05. The molecule has 0 radical (unpaired) electrons. The van der Waals surface area contributed by atoms with Gasteiger partial charge in [-0.05, 0) is 6.42 Å². The topological polar surface area (TPSA) is 84.9 Å². The first-order chi connectivity index (χ1) is 5.70. The molecular weight excluding hydrogens is 162 g/mol. The number of fused-ring (bicyclic) bond motifs is 1. The number of nitrogens with two attached hydrogens (primary N) is 1. The van der Waals surface area contributed by atoms with E-state index >= 15 is 0 Å². The van der Waals surface area contributed by atoms with Gasteiger partial charge in [0.25, 0.3) is 0 Å². The fourth-order valence-corrected chi connectivity index (χ4v) is 1.78. The third-order valence-corrected chi connectivity index (χ3v) is 2.54. The fourth-order valence-electron chi connectivity index (χ4n) is 1.78. The van der Waals surface area contributed by atoms with E-state index in [0.717, 1.165) is 0 Å². The average Bonchev–Trinajstić information content (AvgIpc) is 2.48. The molecule has 0 spiro atoms. The zero-order valence-electron chi connectivity index (χ0n) is 6.59. The van der Waals surface area contributed by atoms with Gasteiger partial charge in [-0.25, -0.2) is 0 Å². The van der Waals surface area contributed by atoms with Gasteiger partial charge in [0.05, 0.1) is 12.2 Å². The predicted octanol–water partition coefficient (Wildman–Crippen LogP) is -1.82. The van der Waals surface area contributed by atoms with E-state index in [-0.39, 0.29) is 12.9 Å². The van der Waals surface area contributed by atoms with E-state index in [0.29, 0.717) is 6.42 Å². The number of ether oxygens (including phenoxy) is 2. The molecule has 70 valence electrons. The van der Waals surface area contributed by atoms with Gasteiger partial charge in [0.2, 0.25) is 0 Å². The molecule has 1 saturated carbocycles. The van der Waals surface area contributed by atoms with Crippen LogP contribution in [0.25, 0.3) is 0 Å². The largest absolute Gasteiger partial charge is 0.389 e. The molecule has 2 rings (SSSR count). The standard InChI is InChI=1S/C7H13NO4/c8-3-1-4-7(12-2-11-4)6(10)5(3)9/h3-7,9-10H,1-2,8H2. The second-order valence-electron chi connectivity index (χ2n) is 3.33. The number of rotatable bonds is 0. The summed E-state index contributed by atoms with van der Waals surface area (Å²) in [6.45, 7) is 0.186. The van der Waals surface area contributed by atoms with Crippen molar-refractivity contribution in [3.63, 3.8) is 0 Å². The Labute approximate surface area is 70.1 Å². The minimum absolute atomic E-state index is 0.154. The van der Waals surface area contributed by atoms with Gasteiger partial charge < -0.3 is 25.4 Å². The van der Waals surface area contributed by atoms with Crippen molar-refractivity contribution in [2.75, 3.05) is 6.79 Å². The molecule has 0 bridgehead atoms. The van der Waals surface area contributed by atoms with Crippen molar-refractivity contribution < 1.29 is 19.7 Å². The highest BCUT2D eigenvalue weighted by atomic mass is 16.7. The quantitative estimate of drug-likeness (QED) is 0.403. The van der Waals surface area contributed by atoms with Crippen LogP contribution in [-0.2, 0) is 9.47 Å². The molecule has 5 nitrogen and oxygen atoms in total. The summed E-state index contributed by atoms with van der Waals surface area (Å²) in [5, 5.41) is 18.9. The van der Waals surface area contributed by atoms with Crippen molar-refractivity contribution in [3.8, 4) is 0 Å². The van der Waals surface area contributed by atoms with Gasteiger partial charge in [-0.2, -0.15) is 0 Å². The number of hydrogen-bond donors (Lipinski definition) is 3. The first kappa shape index (κ1) is 8.40. The smallest absolute Gasteiger partial charge is 0.147 e. The highest BCUT2D eigenvalue weighted by Crippen LogP contribution is 2.28. The van der Waals surface area contributed by atoms with E-state index in [1.165, 1.54) is 0 Å². The molecule has 1 aliphatic carbocycles. The lowest BCUT2D eigenvalue weighted by Gasteiger charge is -2.35. The zero-order valence-corrected chi connectivity index (χ0v) is 6.59. The van der Waals surface area contributed by atoms with Crippen molar-refractivity contribution in [1.29, 1.82) is 0 Å². The predicted molar refractivity (Wildman–Crippen MR) is 39.2 cm³/mol. The molecule has 12 heavy (non-hydrogen) atoms. The Balaban J connectivity index is 2.10. The average molecular weight is 175 g/mol. The van der Waals surface area contributed by atoms with Gasteiger partial charge in [0.1, 0.15) is 19.0 Å². The summed E-state index contributed by atoms with van der Waals surface area (Å²) < 4.78 is 10.3. The zero-order chi connectivity index (χ0) is 8.72. The lowest BCUT2D eigenvalue weighted by molar-refractivity contribution is -0.102. The van der Waals surface area contributed by atoms with Gasteiger partial charge in [0.15, 0.2) is 0 Å². The third-order valence-electron chi connectivity index (χ3n) is 2.54. The van der Waals surface area contributed by atoms with Gasteiger partial charge in [-0.1, -0.05) is 0 Å². The van der Waals surface area contributed by atoms with Crippen molar-refractivity contribution in [2.45, 2.75) is 36.9 Å². The molecule has 5 unspecified atom stereocenters. The van der Waals surface area contributed by atoms with Crippen molar-refractivity contribution >= 4 is 0 Å². The minimum atomic E-state index is -0.916. The van der Waals surface area contributed by atoms with Crippen LogP contribution in [0, 0.1) is 0 Å². The van der Waals surface area contributed by atoms with Crippen LogP contribution in [0.3, 0.4) is 0 Å². The maximum Gasteiger partial charge on any atom is 0.147 e. The summed E-state index contributed by atoms with van der Waals surface area (Å²) in [6, 6.07) is -0.414. The first-order valence-corrected chi connectivity index (χ1v) is 4.05. The molecule has 2 aliphatic rings. The summed E-state index contributed by atoms with van der Waals surface area (Å²) in [5.74, 6) is 0. The van der Waals surface area contributed by atoms with Gasteiger partial charge in [-0.3, -0.25) is 0 Å². The summed E-state index contributed by atoms with van der Waals surface area (Å²) in [6.07, 6.45) is -1.82. The van der Waals surface area contributed by atoms with E-state index < -0.39 is 24.4 Å². The van der Waals surface area contributed by atoms with Crippen molar-refractivity contribution in [1.82, 2.24) is 0 Å². The van der Waals surface area contributed by atoms with Crippen LogP contribution >= 0.6 is 0 Å². The van der Waals surface area contributed by atoms with E-state index in [2.05, 4.69) is 0 Å². The SMILES string of the molecule is NC1CC2OCOC2C(O)C1O. The summed E-state index contributed by atoms with van der Waals surface area (Å²) in [4.78, 5) is 0. The van der Waals surface area contributed by atoms with E-state index in [1.54, 1.807) is 0 Å². The Morgan fingerprint density at radius 1 is 1.17 bits per heavy atom. The molecular formula is C7H13NO4. The monoisotopic (exact) mass is 175 g/mol. The summed E-state index contributed by atoms with van der Waals surface area (Å²) in [7, 11) is 0. The number of hydrogen-bond acceptors (Lipinski definition) is 5. The molecule has 5 heteroatoms. The minimum Gasteiger partial charge on any atom is -0.389 e. The van der Waals surface area contributed by atoms with Gasteiger partial charge >= 0.3 is 0 Å². The maximum atomic E-state index is 9.48. The van der Waals surface area contributed by atoms with E-state index in [9.17, 15) is 10.2 Å². The Hall–Kier alpha value is -0.200. The number of aliphatic hydroxyl groups is 2. The molecule has 5 atom stereocenters. The molecule has 1 aliphatic heterocycles. The van der Waals surface area contributed by atoms with Crippen LogP contribution in [0.1, 0.15) is 6.42 Å². The Morgan fingerprint density at radius 3 is 2.67 bits per heavy atom. The van der Waals surface area contributed by atoms with Crippen molar-refractivity contribution in [3.05, 3.63) is 0 Å². The second-order valence-corrected chi connectivity index (χ2v) is 3.33. The second kappa shape index (κ2) is 2.93. The fraction of sp³-hybridized carbons (Fsp3) is 1.00. The molecule has 0 amide bonds. The van der Waals surface area contributed by atoms with Crippen LogP contribution in [0.2, 0.25) is 0 Å². The molecule has 2 fully saturated rings. The van der Waals surface area contributed by atoms with Gasteiger partial charge in [-0.15, -0.1) is 0 Å². The molecule has 1 heterocycles. The van der Waals surface area contributed by atoms with Crippen LogP contribution in [0.4, 0.5) is 0 Å². The number of aliphatic hydroxyl groups excluding tert-OH is 2. The lowest BCUT2D eigenvalue weighted by atomic mass is 9.86. The van der Waals surface area contributed by atoms with Crippen LogP contribution in [0.15, 0.2) is 0 Å². The Morgan fingerprint density at radius 2 is 1.92 bits per heavy atom. The highest BCUT2D eigenvalue weighted by molar-refractivity contribution is 4.97. The molecule has 4 N–H and O–H groups in total. The molecule has 0 aromatic heterocycles. The summed E-state index contributed by atoms with van der Waals surface area (Å²) in [5.41, 5.74) is 5.58. The lowest BCUT2D eigenvalue weighted by Crippen LogP contribution is -2.57. The molecule has 0 aromatic rings. The Bertz CT molecular complexity index is 177. The normalized spacial score (nSPS) is 53.8. The van der Waals surface area contributed by atoms with Crippen LogP contribution in [-0.4, -0.2) is 47.5 Å². The van der Waals surface area contributed by atoms with Gasteiger partial charge in [0, 0.05) is 6.04 Å². The van der Waals surface area contributed by atoms with E-state index in [1.807, 2.05) is 0 Å². The third kappa shape index (κ3) is 1.14. The first-order valence-electron chi connectivity index (χ1n) is 4.05. The highest BCUT2D eigenvalue weighted by Gasteiger charge is 2.46. The maximum absolute atomic E-state index is 9.48. The van der Waals surface area contributed by atoms with Crippen molar-refractivity contribution in [2.24, 2.45) is 5.73 Å². The molecule has 1 saturated heterocycles.